The van der Waals surface area contributed by atoms with E-state index in [4.69, 9.17) is 22.4 Å². The summed E-state index contributed by atoms with van der Waals surface area (Å²) in [5, 5.41) is 13.4. The molecule has 1 aromatic heterocycles. The number of hydrogen-bond donors (Lipinski definition) is 7. The number of amidine groups is 1. The third-order valence-corrected chi connectivity index (χ3v) is 5.69. The number of aromatic amines is 1. The molecule has 0 radical (unpaired) electrons. The topological polar surface area (TPSA) is 169 Å². The molecule has 0 bridgehead atoms. The van der Waals surface area contributed by atoms with E-state index in [1.165, 1.54) is 11.9 Å². The van der Waals surface area contributed by atoms with Crippen LogP contribution in [0.3, 0.4) is 0 Å². The Bertz CT molecular complexity index is 1040. The second-order valence-corrected chi connectivity index (χ2v) is 7.45. The molecule has 1 fully saturated rings. The summed E-state index contributed by atoms with van der Waals surface area (Å²) in [5.74, 6) is 6.64. The first-order valence-electron chi connectivity index (χ1n) is 9.88. The number of aromatic nitrogens is 2. The van der Waals surface area contributed by atoms with Gasteiger partial charge in [-0.3, -0.25) is 5.14 Å². The molecule has 0 aliphatic carbocycles. The summed E-state index contributed by atoms with van der Waals surface area (Å²) in [4.78, 5) is 8.22. The Labute approximate surface area is 180 Å². The van der Waals surface area contributed by atoms with Crippen LogP contribution >= 0.6 is 11.9 Å². The maximum Gasteiger partial charge on any atom is 0.198 e. The molecule has 0 atom stereocenters. The number of benzene rings is 2. The van der Waals surface area contributed by atoms with Crippen molar-refractivity contribution in [3.63, 3.8) is 0 Å². The number of hydrazine groups is 1. The molecule has 11 N–H and O–H groups in total. The Hall–Kier alpha value is -2.79. The van der Waals surface area contributed by atoms with Gasteiger partial charge in [0.25, 0.3) is 0 Å². The first-order valence-corrected chi connectivity index (χ1v) is 10.8. The lowest BCUT2D eigenvalue weighted by Crippen LogP contribution is -2.43. The number of anilines is 1. The van der Waals surface area contributed by atoms with Crippen LogP contribution in [-0.4, -0.2) is 28.9 Å². The van der Waals surface area contributed by atoms with E-state index in [9.17, 15) is 0 Å². The molecule has 9 nitrogen and oxygen atoms in total. The van der Waals surface area contributed by atoms with Gasteiger partial charge in [0.15, 0.2) is 11.8 Å². The van der Waals surface area contributed by atoms with Crippen molar-refractivity contribution in [1.82, 2.24) is 20.8 Å². The Morgan fingerprint density at radius 3 is 2.67 bits per heavy atom. The summed E-state index contributed by atoms with van der Waals surface area (Å²) in [6, 6.07) is 10.0. The van der Waals surface area contributed by atoms with Crippen molar-refractivity contribution in [3.05, 3.63) is 41.5 Å². The monoisotopic (exact) mass is 427 g/mol. The summed E-state index contributed by atoms with van der Waals surface area (Å²) in [6.07, 6.45) is 0.930. The zero-order valence-electron chi connectivity index (χ0n) is 17.2. The fourth-order valence-electron chi connectivity index (χ4n) is 3.54. The number of nitrogens with two attached hydrogens (primary N) is 4. The average Bonchev–Trinajstić information content (AvgIpc) is 3.10. The number of H-pyrrole nitrogens is 1. The van der Waals surface area contributed by atoms with E-state index in [-0.39, 0.29) is 5.84 Å². The summed E-state index contributed by atoms with van der Waals surface area (Å²) in [7, 11) is 0. The molecule has 10 heteroatoms. The molecule has 1 aliphatic heterocycles. The number of hydrogen-bond acceptors (Lipinski definition) is 8. The van der Waals surface area contributed by atoms with Crippen molar-refractivity contribution in [3.8, 4) is 11.1 Å². The van der Waals surface area contributed by atoms with Gasteiger partial charge in [-0.05, 0) is 66.2 Å². The molecular weight excluding hydrogens is 398 g/mol. The summed E-state index contributed by atoms with van der Waals surface area (Å²) < 4.78 is 0. The molecule has 30 heavy (non-hydrogen) atoms. The first-order chi connectivity index (χ1) is 14.6. The minimum Gasteiger partial charge on any atom is -0.382 e. The van der Waals surface area contributed by atoms with Crippen molar-refractivity contribution in [2.24, 2.45) is 27.7 Å². The minimum absolute atomic E-state index is 0.281. The molecule has 2 heterocycles. The number of fused-ring (bicyclic) bond motifs is 1. The van der Waals surface area contributed by atoms with Crippen LogP contribution in [-0.2, 0) is 6.42 Å². The van der Waals surface area contributed by atoms with Crippen LogP contribution in [0.1, 0.15) is 25.0 Å². The minimum atomic E-state index is 0.281. The predicted molar refractivity (Wildman–Crippen MR) is 125 cm³/mol. The Balaban J connectivity index is 0.00000124. The van der Waals surface area contributed by atoms with Crippen molar-refractivity contribution in [2.45, 2.75) is 25.2 Å². The normalized spacial score (nSPS) is 14.2. The highest BCUT2D eigenvalue weighted by molar-refractivity contribution is 7.97. The number of nitrogens with zero attached hydrogens (tertiary/aromatic N) is 2. The molecule has 160 valence electrons. The van der Waals surface area contributed by atoms with E-state index in [2.05, 4.69) is 38.1 Å². The van der Waals surface area contributed by atoms with E-state index in [1.54, 1.807) is 0 Å². The number of nitrogen functional groups attached to an aromatic ring is 1. The average molecular weight is 428 g/mol. The highest BCUT2D eigenvalue weighted by Gasteiger charge is 2.23. The van der Waals surface area contributed by atoms with Crippen LogP contribution in [0.5, 0.6) is 0 Å². The largest absolute Gasteiger partial charge is 0.382 e. The van der Waals surface area contributed by atoms with Gasteiger partial charge in [-0.15, -0.1) is 5.10 Å². The third-order valence-electron chi connectivity index (χ3n) is 4.98. The summed E-state index contributed by atoms with van der Waals surface area (Å²) in [6.45, 7) is 6.02. The lowest BCUT2D eigenvalue weighted by Gasteiger charge is -2.28. The Morgan fingerprint density at radius 1 is 1.27 bits per heavy atom. The van der Waals surface area contributed by atoms with Crippen LogP contribution in [0.15, 0.2) is 40.3 Å². The molecule has 0 amide bonds. The van der Waals surface area contributed by atoms with Crippen molar-refractivity contribution in [2.75, 3.05) is 18.8 Å². The van der Waals surface area contributed by atoms with Gasteiger partial charge in [-0.2, -0.15) is 0 Å². The van der Waals surface area contributed by atoms with Crippen molar-refractivity contribution < 1.29 is 0 Å². The van der Waals surface area contributed by atoms with Crippen LogP contribution in [0, 0.1) is 5.92 Å². The molecule has 1 saturated heterocycles. The zero-order chi connectivity index (χ0) is 21.7. The van der Waals surface area contributed by atoms with Gasteiger partial charge < -0.3 is 21.8 Å². The van der Waals surface area contributed by atoms with Crippen LogP contribution in [0.2, 0.25) is 0 Å². The maximum atomic E-state index is 6.27. The smallest absolute Gasteiger partial charge is 0.198 e. The lowest BCUT2D eigenvalue weighted by molar-refractivity contribution is 0.345. The molecule has 0 saturated carbocycles. The highest BCUT2D eigenvalue weighted by Crippen LogP contribution is 2.35. The van der Waals surface area contributed by atoms with Crippen molar-refractivity contribution in [1.29, 1.82) is 0 Å². The lowest BCUT2D eigenvalue weighted by atomic mass is 9.90. The number of nitrogens with one attached hydrogen (secondary N) is 3. The SMILES string of the molecule is CC.NN/N=C(\N)c1c(-c2ccc3nc(N)[nH]c3c2)ccc(CC2CNC2)c1SN. The van der Waals surface area contributed by atoms with Gasteiger partial charge in [0.05, 0.1) is 11.0 Å². The van der Waals surface area contributed by atoms with E-state index in [0.29, 0.717) is 11.9 Å². The Morgan fingerprint density at radius 2 is 2.03 bits per heavy atom. The van der Waals surface area contributed by atoms with E-state index < -0.39 is 0 Å². The number of rotatable bonds is 6. The molecule has 4 rings (SSSR count). The quantitative estimate of drug-likeness (QED) is 0.102. The highest BCUT2D eigenvalue weighted by atomic mass is 32.2. The van der Waals surface area contributed by atoms with Gasteiger partial charge in [-0.25, -0.2) is 16.4 Å². The standard InChI is InChI=1S/C18H23N9S.C2H6/c19-17(26-27-21)15-12(10-2-4-13-14(6-10)25-18(20)24-13)3-1-11(16(15)28-22)5-9-7-23-8-9;1-2/h1-4,6,9,23,27H,5,7-8,21-22H2,(H2,19,26)(H3,20,24,25);1-2H3. The first kappa shape index (κ1) is 21.9. The summed E-state index contributed by atoms with van der Waals surface area (Å²) in [5.41, 5.74) is 19.8. The molecule has 0 spiro atoms. The number of imidazole rings is 1. The van der Waals surface area contributed by atoms with Gasteiger partial charge in [0.1, 0.15) is 0 Å². The third kappa shape index (κ3) is 4.36. The summed E-state index contributed by atoms with van der Waals surface area (Å²) >= 11 is 1.18. The fourth-order valence-corrected chi connectivity index (χ4v) is 4.18. The van der Waals surface area contributed by atoms with Gasteiger partial charge in [0.2, 0.25) is 0 Å². The van der Waals surface area contributed by atoms with Crippen molar-refractivity contribution >= 4 is 34.8 Å². The van der Waals surface area contributed by atoms with Gasteiger partial charge in [-0.1, -0.05) is 32.0 Å². The van der Waals surface area contributed by atoms with Gasteiger partial charge in [0, 0.05) is 10.5 Å². The second-order valence-electron chi connectivity index (χ2n) is 6.80. The zero-order valence-corrected chi connectivity index (χ0v) is 18.0. The van der Waals surface area contributed by atoms with E-state index >= 15 is 0 Å². The number of hydrazone groups is 1. The van der Waals surface area contributed by atoms with Crippen LogP contribution in [0.25, 0.3) is 22.2 Å². The maximum absolute atomic E-state index is 6.27. The van der Waals surface area contributed by atoms with E-state index in [1.807, 2.05) is 32.0 Å². The van der Waals surface area contributed by atoms with Gasteiger partial charge >= 0.3 is 0 Å². The second kappa shape index (κ2) is 9.81. The Kier molecular flexibility index (Phi) is 7.16. The fraction of sp³-hybridized carbons (Fsp3) is 0.300. The molecule has 1 aliphatic rings. The molecule has 3 aromatic rings. The molecule has 2 aromatic carbocycles. The predicted octanol–water partition coefficient (Wildman–Crippen LogP) is 1.65. The van der Waals surface area contributed by atoms with Crippen LogP contribution < -0.4 is 33.3 Å². The molecular formula is C20H29N9S. The van der Waals surface area contributed by atoms with Crippen LogP contribution in [0.4, 0.5) is 5.95 Å². The molecule has 0 unspecified atom stereocenters. The van der Waals surface area contributed by atoms with E-state index in [0.717, 1.165) is 57.7 Å².